The molecular weight excluding hydrogens is 278 g/mol. The quantitative estimate of drug-likeness (QED) is 0.707. The van der Waals surface area contributed by atoms with Crippen molar-refractivity contribution < 1.29 is 9.59 Å². The highest BCUT2D eigenvalue weighted by molar-refractivity contribution is 6.33. The topological polar surface area (TPSA) is 84.2 Å². The van der Waals surface area contributed by atoms with Crippen molar-refractivity contribution in [2.24, 2.45) is 5.73 Å². The van der Waals surface area contributed by atoms with Crippen LogP contribution in [0.15, 0.2) is 18.2 Å². The zero-order valence-electron chi connectivity index (χ0n) is 10.7. The number of benzene rings is 1. The van der Waals surface area contributed by atoms with E-state index in [1.54, 1.807) is 18.2 Å². The van der Waals surface area contributed by atoms with Gasteiger partial charge in [-0.1, -0.05) is 23.4 Å². The van der Waals surface area contributed by atoms with E-state index in [1.807, 2.05) is 0 Å². The molecule has 20 heavy (non-hydrogen) atoms. The lowest BCUT2D eigenvalue weighted by atomic mass is 10.1. The van der Waals surface area contributed by atoms with Crippen molar-refractivity contribution in [3.63, 3.8) is 0 Å². The largest absolute Gasteiger partial charge is 0.344 e. The van der Waals surface area contributed by atoms with Crippen LogP contribution in [-0.2, 0) is 9.59 Å². The molecule has 0 radical (unpaired) electrons. The van der Waals surface area contributed by atoms with Gasteiger partial charge in [0.2, 0.25) is 11.8 Å². The Kier molecular flexibility index (Phi) is 4.61. The summed E-state index contributed by atoms with van der Waals surface area (Å²) in [6.45, 7) is 0.262. The lowest BCUT2D eigenvalue weighted by molar-refractivity contribution is -0.122. The van der Waals surface area contributed by atoms with Crippen LogP contribution in [0.5, 0.6) is 0 Å². The fourth-order valence-corrected chi connectivity index (χ4v) is 2.05. The Morgan fingerprint density at radius 1 is 1.55 bits per heavy atom. The number of nitrogens with two attached hydrogens (primary N) is 1. The predicted molar refractivity (Wildman–Crippen MR) is 77.2 cm³/mol. The lowest BCUT2D eigenvalue weighted by Gasteiger charge is -2.12. The second kappa shape index (κ2) is 6.42. The molecule has 1 saturated heterocycles. The first-order valence-electron chi connectivity index (χ1n) is 6.19. The molecule has 0 aliphatic carbocycles. The van der Waals surface area contributed by atoms with Crippen LogP contribution in [0.3, 0.4) is 0 Å². The molecule has 1 aliphatic rings. The number of hydrogen-bond acceptors (Lipinski definition) is 3. The molecule has 2 rings (SSSR count). The van der Waals surface area contributed by atoms with Crippen molar-refractivity contribution in [3.8, 4) is 11.8 Å². The standard InChI is InChI=1S/C14H14ClN3O2/c15-10-4-3-9(2-1-7-16)8-12(10)18-14(20)11-5-6-13(19)17-11/h3-4,8,11H,5-7,16H2,(H,17,19)(H,18,20). The molecule has 5 nitrogen and oxygen atoms in total. The molecule has 6 heteroatoms. The van der Waals surface area contributed by atoms with Gasteiger partial charge in [0.1, 0.15) is 6.04 Å². The number of hydrogen-bond donors (Lipinski definition) is 3. The van der Waals surface area contributed by atoms with Crippen LogP contribution in [0.25, 0.3) is 0 Å². The maximum absolute atomic E-state index is 12.0. The van der Waals surface area contributed by atoms with Crippen LogP contribution in [0.1, 0.15) is 18.4 Å². The Labute approximate surface area is 121 Å². The molecule has 1 heterocycles. The number of carbonyl (C=O) groups excluding carboxylic acids is 2. The van der Waals surface area contributed by atoms with Gasteiger partial charge in [0.05, 0.1) is 17.3 Å². The van der Waals surface area contributed by atoms with Gasteiger partial charge in [0, 0.05) is 12.0 Å². The highest BCUT2D eigenvalue weighted by atomic mass is 35.5. The minimum atomic E-state index is -0.502. The summed E-state index contributed by atoms with van der Waals surface area (Å²) in [5.41, 5.74) is 6.50. The molecule has 0 saturated carbocycles. The smallest absolute Gasteiger partial charge is 0.247 e. The predicted octanol–water partition coefficient (Wildman–Crippen LogP) is 0.867. The summed E-state index contributed by atoms with van der Waals surface area (Å²) in [6.07, 6.45) is 0.864. The van der Waals surface area contributed by atoms with Gasteiger partial charge >= 0.3 is 0 Å². The van der Waals surface area contributed by atoms with E-state index >= 15 is 0 Å². The van der Waals surface area contributed by atoms with E-state index in [0.717, 1.165) is 0 Å². The summed E-state index contributed by atoms with van der Waals surface area (Å²) in [5, 5.41) is 5.73. The van der Waals surface area contributed by atoms with E-state index in [-0.39, 0.29) is 18.4 Å². The molecular formula is C14H14ClN3O2. The van der Waals surface area contributed by atoms with Gasteiger partial charge in [-0.3, -0.25) is 9.59 Å². The fraction of sp³-hybridized carbons (Fsp3) is 0.286. The summed E-state index contributed by atoms with van der Waals surface area (Å²) in [5.74, 6) is 5.21. The SMILES string of the molecule is NCC#Cc1ccc(Cl)c(NC(=O)C2CCC(=O)N2)c1. The molecule has 2 amide bonds. The molecule has 104 valence electrons. The minimum Gasteiger partial charge on any atom is -0.344 e. The highest BCUT2D eigenvalue weighted by Gasteiger charge is 2.27. The maximum atomic E-state index is 12.0. The Balaban J connectivity index is 2.12. The summed E-state index contributed by atoms with van der Waals surface area (Å²) in [7, 11) is 0. The van der Waals surface area contributed by atoms with Gasteiger partial charge in [0.15, 0.2) is 0 Å². The van der Waals surface area contributed by atoms with Crippen LogP contribution in [0.2, 0.25) is 5.02 Å². The summed E-state index contributed by atoms with van der Waals surface area (Å²) >= 11 is 6.03. The third-order valence-corrected chi connectivity index (χ3v) is 3.20. The van der Waals surface area contributed by atoms with Crippen LogP contribution < -0.4 is 16.4 Å². The number of carbonyl (C=O) groups is 2. The normalized spacial score (nSPS) is 17.1. The van der Waals surface area contributed by atoms with E-state index in [9.17, 15) is 9.59 Å². The van der Waals surface area contributed by atoms with Crippen molar-refractivity contribution in [2.75, 3.05) is 11.9 Å². The molecule has 1 aliphatic heterocycles. The van der Waals surface area contributed by atoms with Crippen molar-refractivity contribution in [3.05, 3.63) is 28.8 Å². The van der Waals surface area contributed by atoms with Crippen LogP contribution in [-0.4, -0.2) is 24.4 Å². The Hall–Kier alpha value is -2.03. The van der Waals surface area contributed by atoms with Gasteiger partial charge in [-0.25, -0.2) is 0 Å². The van der Waals surface area contributed by atoms with E-state index < -0.39 is 6.04 Å². The minimum absolute atomic E-state index is 0.112. The lowest BCUT2D eigenvalue weighted by Crippen LogP contribution is -2.37. The van der Waals surface area contributed by atoms with Crippen molar-refractivity contribution in [2.45, 2.75) is 18.9 Å². The van der Waals surface area contributed by atoms with Crippen molar-refractivity contribution >= 4 is 29.1 Å². The van der Waals surface area contributed by atoms with E-state index in [0.29, 0.717) is 29.1 Å². The third kappa shape index (κ3) is 3.50. The Morgan fingerprint density at radius 2 is 2.35 bits per heavy atom. The molecule has 0 aromatic heterocycles. The molecule has 1 fully saturated rings. The van der Waals surface area contributed by atoms with Crippen LogP contribution >= 0.6 is 11.6 Å². The molecule has 1 unspecified atom stereocenters. The van der Waals surface area contributed by atoms with Gasteiger partial charge in [-0.15, -0.1) is 0 Å². The molecule has 1 aromatic carbocycles. The summed E-state index contributed by atoms with van der Waals surface area (Å²) < 4.78 is 0. The molecule has 0 bridgehead atoms. The van der Waals surface area contributed by atoms with Crippen LogP contribution in [0.4, 0.5) is 5.69 Å². The van der Waals surface area contributed by atoms with E-state index in [1.165, 1.54) is 0 Å². The summed E-state index contributed by atoms with van der Waals surface area (Å²) in [4.78, 5) is 23.1. The van der Waals surface area contributed by atoms with E-state index in [2.05, 4.69) is 22.5 Å². The maximum Gasteiger partial charge on any atom is 0.247 e. The molecule has 0 spiro atoms. The number of halogens is 1. The first-order valence-corrected chi connectivity index (χ1v) is 6.56. The second-order valence-electron chi connectivity index (χ2n) is 4.35. The number of nitrogens with one attached hydrogen (secondary N) is 2. The number of amides is 2. The van der Waals surface area contributed by atoms with E-state index in [4.69, 9.17) is 17.3 Å². The number of rotatable bonds is 2. The van der Waals surface area contributed by atoms with Gasteiger partial charge in [0.25, 0.3) is 0 Å². The van der Waals surface area contributed by atoms with Gasteiger partial charge < -0.3 is 16.4 Å². The van der Waals surface area contributed by atoms with Crippen molar-refractivity contribution in [1.29, 1.82) is 0 Å². The highest BCUT2D eigenvalue weighted by Crippen LogP contribution is 2.23. The van der Waals surface area contributed by atoms with Crippen molar-refractivity contribution in [1.82, 2.24) is 5.32 Å². The second-order valence-corrected chi connectivity index (χ2v) is 4.76. The van der Waals surface area contributed by atoms with Crippen LogP contribution in [0, 0.1) is 11.8 Å². The van der Waals surface area contributed by atoms with Gasteiger partial charge in [-0.2, -0.15) is 0 Å². The Bertz CT molecular complexity index is 604. The molecule has 1 atom stereocenters. The first kappa shape index (κ1) is 14.4. The Morgan fingerprint density at radius 3 is 3.00 bits per heavy atom. The zero-order chi connectivity index (χ0) is 14.5. The average Bonchev–Trinajstić information content (AvgIpc) is 2.86. The first-order chi connectivity index (χ1) is 9.60. The molecule has 1 aromatic rings. The number of anilines is 1. The summed E-state index contributed by atoms with van der Waals surface area (Å²) in [6, 6.07) is 4.58. The van der Waals surface area contributed by atoms with Gasteiger partial charge in [-0.05, 0) is 24.6 Å². The third-order valence-electron chi connectivity index (χ3n) is 2.87. The zero-order valence-corrected chi connectivity index (χ0v) is 11.5. The average molecular weight is 292 g/mol. The molecule has 4 N–H and O–H groups in total. The fourth-order valence-electron chi connectivity index (χ4n) is 1.88. The monoisotopic (exact) mass is 291 g/mol.